The molecule has 10 heteroatoms. The van der Waals surface area contributed by atoms with Gasteiger partial charge in [0.25, 0.3) is 5.91 Å². The highest BCUT2D eigenvalue weighted by Crippen LogP contribution is 2.22. The summed E-state index contributed by atoms with van der Waals surface area (Å²) in [6.07, 6.45) is 0. The van der Waals surface area contributed by atoms with Crippen molar-refractivity contribution in [2.45, 2.75) is 18.4 Å². The van der Waals surface area contributed by atoms with E-state index in [9.17, 15) is 18.0 Å². The van der Waals surface area contributed by atoms with E-state index in [1.807, 2.05) is 17.5 Å². The SMILES string of the molecule is CC(CNC(=O)c1sccc1S(=O)(=O)NCc1cccs1)C(=O)O. The van der Waals surface area contributed by atoms with E-state index < -0.39 is 27.8 Å². The summed E-state index contributed by atoms with van der Waals surface area (Å²) in [5, 5.41) is 14.6. The molecule has 0 aliphatic heterocycles. The number of nitrogens with one attached hydrogen (secondary N) is 2. The molecular weight excluding hydrogens is 372 g/mol. The molecule has 1 amide bonds. The Labute approximate surface area is 147 Å². The van der Waals surface area contributed by atoms with Gasteiger partial charge in [0.1, 0.15) is 9.77 Å². The summed E-state index contributed by atoms with van der Waals surface area (Å²) < 4.78 is 27.2. The van der Waals surface area contributed by atoms with Gasteiger partial charge in [-0.3, -0.25) is 9.59 Å². The molecule has 0 radical (unpaired) electrons. The Morgan fingerprint density at radius 3 is 2.62 bits per heavy atom. The van der Waals surface area contributed by atoms with Gasteiger partial charge < -0.3 is 10.4 Å². The Balaban J connectivity index is 2.07. The number of carboxylic acid groups (broad SMARTS) is 1. The fourth-order valence-electron chi connectivity index (χ4n) is 1.75. The maximum absolute atomic E-state index is 12.4. The third-order valence-electron chi connectivity index (χ3n) is 3.13. The van der Waals surface area contributed by atoms with E-state index in [4.69, 9.17) is 5.11 Å². The van der Waals surface area contributed by atoms with Crippen molar-refractivity contribution >= 4 is 44.6 Å². The van der Waals surface area contributed by atoms with Crippen molar-refractivity contribution in [3.05, 3.63) is 38.7 Å². The third kappa shape index (κ3) is 4.63. The van der Waals surface area contributed by atoms with E-state index in [-0.39, 0.29) is 22.9 Å². The highest BCUT2D eigenvalue weighted by molar-refractivity contribution is 7.89. The van der Waals surface area contributed by atoms with Crippen LogP contribution in [-0.4, -0.2) is 31.9 Å². The molecular formula is C14H16N2O5S3. The van der Waals surface area contributed by atoms with Crippen LogP contribution in [0.4, 0.5) is 0 Å². The number of carboxylic acids is 1. The number of thiophene rings is 2. The largest absolute Gasteiger partial charge is 0.481 e. The highest BCUT2D eigenvalue weighted by Gasteiger charge is 2.24. The molecule has 0 saturated carbocycles. The molecule has 1 atom stereocenters. The molecule has 130 valence electrons. The minimum Gasteiger partial charge on any atom is -0.481 e. The van der Waals surface area contributed by atoms with E-state index >= 15 is 0 Å². The van der Waals surface area contributed by atoms with Crippen LogP contribution in [0.5, 0.6) is 0 Å². The van der Waals surface area contributed by atoms with Crippen LogP contribution in [-0.2, 0) is 21.4 Å². The number of aliphatic carboxylic acids is 1. The van der Waals surface area contributed by atoms with Gasteiger partial charge in [-0.1, -0.05) is 13.0 Å². The van der Waals surface area contributed by atoms with Gasteiger partial charge in [-0.05, 0) is 22.9 Å². The summed E-state index contributed by atoms with van der Waals surface area (Å²) in [6.45, 7) is 1.53. The van der Waals surface area contributed by atoms with Crippen molar-refractivity contribution in [2.24, 2.45) is 5.92 Å². The summed E-state index contributed by atoms with van der Waals surface area (Å²) >= 11 is 2.42. The highest BCUT2D eigenvalue weighted by atomic mass is 32.2. The lowest BCUT2D eigenvalue weighted by Crippen LogP contribution is -2.32. The Hall–Kier alpha value is -1.75. The quantitative estimate of drug-likeness (QED) is 0.638. The van der Waals surface area contributed by atoms with Crippen molar-refractivity contribution < 1.29 is 23.1 Å². The van der Waals surface area contributed by atoms with Crippen LogP contribution in [0.25, 0.3) is 0 Å². The Kier molecular flexibility index (Phi) is 6.10. The van der Waals surface area contributed by atoms with Crippen molar-refractivity contribution in [2.75, 3.05) is 6.54 Å². The molecule has 2 aromatic heterocycles. The number of rotatable bonds is 8. The number of sulfonamides is 1. The molecule has 0 aliphatic rings. The summed E-state index contributed by atoms with van der Waals surface area (Å²) in [4.78, 5) is 23.7. The van der Waals surface area contributed by atoms with Gasteiger partial charge in [-0.25, -0.2) is 13.1 Å². The molecule has 0 aromatic carbocycles. The molecule has 0 fully saturated rings. The lowest BCUT2D eigenvalue weighted by atomic mass is 10.2. The minimum absolute atomic E-state index is 0.0336. The summed E-state index contributed by atoms with van der Waals surface area (Å²) in [7, 11) is -3.83. The van der Waals surface area contributed by atoms with Crippen LogP contribution in [0.2, 0.25) is 0 Å². The average molecular weight is 388 g/mol. The first-order chi connectivity index (χ1) is 11.3. The van der Waals surface area contributed by atoms with Crippen molar-refractivity contribution in [3.63, 3.8) is 0 Å². The van der Waals surface area contributed by atoms with E-state index in [1.165, 1.54) is 29.7 Å². The zero-order valence-corrected chi connectivity index (χ0v) is 15.1. The van der Waals surface area contributed by atoms with E-state index in [2.05, 4.69) is 10.0 Å². The molecule has 2 heterocycles. The molecule has 7 nitrogen and oxygen atoms in total. The second-order valence-electron chi connectivity index (χ2n) is 4.97. The predicted molar refractivity (Wildman–Crippen MR) is 91.8 cm³/mol. The minimum atomic E-state index is -3.83. The van der Waals surface area contributed by atoms with Crippen LogP contribution in [0.3, 0.4) is 0 Å². The van der Waals surface area contributed by atoms with Gasteiger partial charge in [0.05, 0.1) is 5.92 Å². The number of carbonyl (C=O) groups is 2. The molecule has 0 aliphatic carbocycles. The second kappa shape index (κ2) is 7.88. The van der Waals surface area contributed by atoms with Gasteiger partial charge in [0, 0.05) is 18.0 Å². The van der Waals surface area contributed by atoms with Gasteiger partial charge >= 0.3 is 5.97 Å². The van der Waals surface area contributed by atoms with Gasteiger partial charge in [0.2, 0.25) is 10.0 Å². The van der Waals surface area contributed by atoms with Crippen LogP contribution in [0.1, 0.15) is 21.5 Å². The van der Waals surface area contributed by atoms with Crippen molar-refractivity contribution in [1.29, 1.82) is 0 Å². The topological polar surface area (TPSA) is 113 Å². The molecule has 3 N–H and O–H groups in total. The van der Waals surface area contributed by atoms with Crippen LogP contribution in [0, 0.1) is 5.92 Å². The molecule has 0 bridgehead atoms. The fraction of sp³-hybridized carbons (Fsp3) is 0.286. The normalized spacial score (nSPS) is 12.7. The smallest absolute Gasteiger partial charge is 0.308 e. The molecule has 2 rings (SSSR count). The fourth-order valence-corrected chi connectivity index (χ4v) is 4.83. The van der Waals surface area contributed by atoms with Gasteiger partial charge in [0.15, 0.2) is 0 Å². The first kappa shape index (κ1) is 18.6. The van der Waals surface area contributed by atoms with Gasteiger partial charge in [-0.2, -0.15) is 0 Å². The number of hydrogen-bond donors (Lipinski definition) is 3. The molecule has 0 spiro atoms. The standard InChI is InChI=1S/C14H16N2O5S3/c1-9(14(18)19)7-15-13(17)12-11(4-6-23-12)24(20,21)16-8-10-3-2-5-22-10/h2-6,9,16H,7-8H2,1H3,(H,15,17)(H,18,19). The van der Waals surface area contributed by atoms with Crippen molar-refractivity contribution in [1.82, 2.24) is 10.0 Å². The maximum atomic E-state index is 12.4. The summed E-state index contributed by atoms with van der Waals surface area (Å²) in [5.74, 6) is -2.40. The first-order valence-corrected chi connectivity index (χ1v) is 10.2. The molecule has 1 unspecified atom stereocenters. The number of amides is 1. The van der Waals surface area contributed by atoms with Gasteiger partial charge in [-0.15, -0.1) is 22.7 Å². The Bertz CT molecular complexity index is 811. The zero-order chi connectivity index (χ0) is 17.7. The average Bonchev–Trinajstić information content (AvgIpc) is 3.21. The lowest BCUT2D eigenvalue weighted by Gasteiger charge is -2.09. The Morgan fingerprint density at radius 1 is 1.25 bits per heavy atom. The Morgan fingerprint density at radius 2 is 2.00 bits per heavy atom. The van der Waals surface area contributed by atoms with E-state index in [1.54, 1.807) is 0 Å². The monoisotopic (exact) mass is 388 g/mol. The molecule has 0 saturated heterocycles. The second-order valence-corrected chi connectivity index (χ2v) is 8.65. The summed E-state index contributed by atoms with van der Waals surface area (Å²) in [6, 6.07) is 4.99. The lowest BCUT2D eigenvalue weighted by molar-refractivity contribution is -0.140. The van der Waals surface area contributed by atoms with Crippen LogP contribution < -0.4 is 10.0 Å². The maximum Gasteiger partial charge on any atom is 0.308 e. The van der Waals surface area contributed by atoms with E-state index in [0.717, 1.165) is 16.2 Å². The first-order valence-electron chi connectivity index (χ1n) is 6.92. The van der Waals surface area contributed by atoms with E-state index in [0.29, 0.717) is 0 Å². The number of carbonyl (C=O) groups excluding carboxylic acids is 1. The molecule has 24 heavy (non-hydrogen) atoms. The van der Waals surface area contributed by atoms with Crippen molar-refractivity contribution in [3.8, 4) is 0 Å². The molecule has 2 aromatic rings. The summed E-state index contributed by atoms with van der Waals surface area (Å²) in [5.41, 5.74) is 0. The van der Waals surface area contributed by atoms with Crippen LogP contribution >= 0.6 is 22.7 Å². The third-order valence-corrected chi connectivity index (χ3v) is 6.49. The zero-order valence-electron chi connectivity index (χ0n) is 12.7. The number of hydrogen-bond acceptors (Lipinski definition) is 6. The predicted octanol–water partition coefficient (Wildman–Crippen LogP) is 1.74. The van der Waals surface area contributed by atoms with Crippen LogP contribution in [0.15, 0.2) is 33.9 Å².